The molecule has 1 aliphatic rings. The average Bonchev–Trinajstić information content (AvgIpc) is 3.15. The van der Waals surface area contributed by atoms with Crippen LogP contribution < -0.4 is 9.47 Å². The lowest BCUT2D eigenvalue weighted by Crippen LogP contribution is -2.21. The largest absolute Gasteiger partial charge is 0.493 e. The Morgan fingerprint density at radius 2 is 1.71 bits per heavy atom. The molecule has 0 aliphatic heterocycles. The van der Waals surface area contributed by atoms with Gasteiger partial charge in [-0.25, -0.2) is 0 Å². The second kappa shape index (κ2) is 7.12. The second-order valence-corrected chi connectivity index (χ2v) is 6.66. The molecule has 2 aromatic carbocycles. The summed E-state index contributed by atoms with van der Waals surface area (Å²) in [4.78, 5) is 0. The topological polar surface area (TPSA) is 18.5 Å². The minimum atomic E-state index is -0.263. The molecule has 2 nitrogen and oxygen atoms in total. The van der Waals surface area contributed by atoms with E-state index in [9.17, 15) is 0 Å². The zero-order valence-corrected chi connectivity index (χ0v) is 14.6. The monoisotopic (exact) mass is 322 g/mol. The molecule has 2 aromatic rings. The minimum Gasteiger partial charge on any atom is -0.493 e. The predicted molar refractivity (Wildman–Crippen MR) is 99.0 cm³/mol. The zero-order valence-electron chi connectivity index (χ0n) is 14.6. The summed E-state index contributed by atoms with van der Waals surface area (Å²) in [7, 11) is 1.69. The van der Waals surface area contributed by atoms with Crippen molar-refractivity contribution in [2.24, 2.45) is 0 Å². The maximum Gasteiger partial charge on any atom is 0.161 e. The lowest BCUT2D eigenvalue weighted by atomic mass is 9.76. The van der Waals surface area contributed by atoms with Crippen LogP contribution in [0.5, 0.6) is 11.5 Å². The quantitative estimate of drug-likeness (QED) is 0.653. The summed E-state index contributed by atoms with van der Waals surface area (Å²) >= 11 is 0. The van der Waals surface area contributed by atoms with Crippen molar-refractivity contribution in [3.63, 3.8) is 0 Å². The van der Waals surface area contributed by atoms with Gasteiger partial charge in [-0.15, -0.1) is 6.58 Å². The van der Waals surface area contributed by atoms with Crippen LogP contribution in [0.1, 0.15) is 43.7 Å². The van der Waals surface area contributed by atoms with Crippen molar-refractivity contribution >= 4 is 0 Å². The van der Waals surface area contributed by atoms with Crippen LogP contribution in [0.4, 0.5) is 0 Å². The second-order valence-electron chi connectivity index (χ2n) is 6.66. The summed E-state index contributed by atoms with van der Waals surface area (Å²) in [5, 5.41) is 0. The van der Waals surface area contributed by atoms with E-state index in [0.717, 1.165) is 29.9 Å². The lowest BCUT2D eigenvalue weighted by molar-refractivity contribution is 0.200. The van der Waals surface area contributed by atoms with Crippen molar-refractivity contribution in [2.75, 3.05) is 7.11 Å². The van der Waals surface area contributed by atoms with E-state index in [2.05, 4.69) is 49.9 Å². The maximum absolute atomic E-state index is 6.25. The molecule has 0 N–H and O–H groups in total. The molecule has 24 heavy (non-hydrogen) atoms. The number of hydrogen-bond donors (Lipinski definition) is 0. The molecule has 0 radical (unpaired) electrons. The highest BCUT2D eigenvalue weighted by atomic mass is 16.5. The number of ether oxygens (including phenoxy) is 2. The summed E-state index contributed by atoms with van der Waals surface area (Å²) in [6.45, 7) is 6.28. The third kappa shape index (κ3) is 3.19. The van der Waals surface area contributed by atoms with E-state index in [1.807, 2.05) is 18.2 Å². The summed E-state index contributed by atoms with van der Waals surface area (Å²) in [5.41, 5.74) is 2.12. The first kappa shape index (κ1) is 16.6. The van der Waals surface area contributed by atoms with Crippen LogP contribution in [0.25, 0.3) is 0 Å². The molecule has 0 spiro atoms. The van der Waals surface area contributed by atoms with Gasteiger partial charge in [-0.3, -0.25) is 0 Å². The van der Waals surface area contributed by atoms with Crippen molar-refractivity contribution < 1.29 is 9.47 Å². The van der Waals surface area contributed by atoms with Gasteiger partial charge in [-0.2, -0.15) is 0 Å². The van der Waals surface area contributed by atoms with Crippen LogP contribution in [0, 0.1) is 0 Å². The van der Waals surface area contributed by atoms with Gasteiger partial charge in [0.1, 0.15) is 0 Å². The molecule has 1 atom stereocenters. The molecule has 1 unspecified atom stereocenters. The van der Waals surface area contributed by atoms with Crippen LogP contribution in [-0.4, -0.2) is 13.2 Å². The third-order valence-electron chi connectivity index (χ3n) is 5.14. The average molecular weight is 322 g/mol. The van der Waals surface area contributed by atoms with Crippen LogP contribution in [-0.2, 0) is 5.41 Å². The molecule has 0 heterocycles. The van der Waals surface area contributed by atoms with Gasteiger partial charge in [0.05, 0.1) is 13.2 Å². The summed E-state index contributed by atoms with van der Waals surface area (Å²) in [6.07, 6.45) is 7.07. The van der Waals surface area contributed by atoms with Gasteiger partial charge in [-0.1, -0.05) is 42.5 Å². The first-order chi connectivity index (χ1) is 11.7. The Bertz CT molecular complexity index is 686. The van der Waals surface area contributed by atoms with E-state index in [1.54, 1.807) is 7.11 Å². The molecule has 0 bridgehead atoms. The van der Waals surface area contributed by atoms with Crippen LogP contribution in [0.15, 0.2) is 61.2 Å². The van der Waals surface area contributed by atoms with Crippen molar-refractivity contribution in [3.05, 3.63) is 72.3 Å². The Balaban J connectivity index is 1.99. The molecule has 1 saturated carbocycles. The highest BCUT2D eigenvalue weighted by molar-refractivity contribution is 5.50. The van der Waals surface area contributed by atoms with E-state index in [4.69, 9.17) is 9.47 Å². The van der Waals surface area contributed by atoms with Crippen molar-refractivity contribution in [3.8, 4) is 11.5 Å². The number of rotatable bonds is 6. The van der Waals surface area contributed by atoms with Crippen molar-refractivity contribution in [1.29, 1.82) is 0 Å². The van der Waals surface area contributed by atoms with E-state index in [0.29, 0.717) is 6.10 Å². The number of hydrogen-bond acceptors (Lipinski definition) is 2. The Kier molecular flexibility index (Phi) is 4.94. The fourth-order valence-corrected chi connectivity index (χ4v) is 3.46. The molecule has 2 heteroatoms. The van der Waals surface area contributed by atoms with E-state index < -0.39 is 0 Å². The van der Waals surface area contributed by atoms with Crippen LogP contribution in [0.2, 0.25) is 0 Å². The van der Waals surface area contributed by atoms with Crippen molar-refractivity contribution in [1.82, 2.24) is 0 Å². The highest BCUT2D eigenvalue weighted by Crippen LogP contribution is 2.39. The fraction of sp³-hybridized carbons (Fsp3) is 0.364. The molecule has 3 rings (SSSR count). The number of allylic oxidation sites excluding steroid dienone is 1. The number of methoxy groups -OCH3 is 1. The normalized spacial score (nSPS) is 17.2. The van der Waals surface area contributed by atoms with Gasteiger partial charge in [-0.05, 0) is 55.9 Å². The highest BCUT2D eigenvalue weighted by Gasteiger charge is 2.27. The number of benzene rings is 2. The van der Waals surface area contributed by atoms with Gasteiger partial charge >= 0.3 is 0 Å². The van der Waals surface area contributed by atoms with E-state index in [-0.39, 0.29) is 5.41 Å². The van der Waals surface area contributed by atoms with Gasteiger partial charge in [0.25, 0.3) is 0 Å². The summed E-state index contributed by atoms with van der Waals surface area (Å²) < 4.78 is 11.8. The fourth-order valence-electron chi connectivity index (χ4n) is 3.46. The molecule has 1 aliphatic carbocycles. The minimum absolute atomic E-state index is 0.263. The Morgan fingerprint density at radius 3 is 2.33 bits per heavy atom. The molecular formula is C22H26O2. The molecule has 0 saturated heterocycles. The summed E-state index contributed by atoms with van der Waals surface area (Å²) in [6, 6.07) is 16.7. The van der Waals surface area contributed by atoms with Gasteiger partial charge < -0.3 is 9.47 Å². The van der Waals surface area contributed by atoms with Crippen molar-refractivity contribution in [2.45, 2.75) is 44.1 Å². The smallest absolute Gasteiger partial charge is 0.161 e. The molecular weight excluding hydrogens is 296 g/mol. The predicted octanol–water partition coefficient (Wildman–Crippen LogP) is 5.51. The summed E-state index contributed by atoms with van der Waals surface area (Å²) in [5.74, 6) is 1.64. The van der Waals surface area contributed by atoms with E-state index in [1.165, 1.54) is 18.4 Å². The van der Waals surface area contributed by atoms with Gasteiger partial charge in [0, 0.05) is 5.41 Å². The molecule has 1 fully saturated rings. The van der Waals surface area contributed by atoms with Crippen LogP contribution in [0.3, 0.4) is 0 Å². The third-order valence-corrected chi connectivity index (χ3v) is 5.14. The van der Waals surface area contributed by atoms with Gasteiger partial charge in [0.15, 0.2) is 11.5 Å². The zero-order chi connectivity index (χ0) is 17.0. The SMILES string of the molecule is C=CC(C)(c1ccccc1)c1ccc(OC)c(OC2CCCC2)c1. The molecule has 126 valence electrons. The first-order valence-electron chi connectivity index (χ1n) is 8.71. The van der Waals surface area contributed by atoms with Crippen LogP contribution >= 0.6 is 0 Å². The lowest BCUT2D eigenvalue weighted by Gasteiger charge is -2.28. The molecule has 0 aromatic heterocycles. The van der Waals surface area contributed by atoms with E-state index >= 15 is 0 Å². The molecule has 0 amide bonds. The Hall–Kier alpha value is -2.22. The maximum atomic E-state index is 6.25. The Labute approximate surface area is 145 Å². The standard InChI is InChI=1S/C22H26O2/c1-4-22(2,17-10-6-5-7-11-17)18-14-15-20(23-3)21(16-18)24-19-12-8-9-13-19/h4-7,10-11,14-16,19H,1,8-9,12-13H2,2-3H3. The Morgan fingerprint density at radius 1 is 1.00 bits per heavy atom. The first-order valence-corrected chi connectivity index (χ1v) is 8.71. The van der Waals surface area contributed by atoms with Gasteiger partial charge in [0.2, 0.25) is 0 Å².